The molecule has 1 saturated carbocycles. The van der Waals surface area contributed by atoms with Crippen LogP contribution in [-0.2, 0) is 0 Å². The summed E-state index contributed by atoms with van der Waals surface area (Å²) >= 11 is 3.46. The summed E-state index contributed by atoms with van der Waals surface area (Å²) in [5, 5.41) is 0. The first kappa shape index (κ1) is 9.36. The molecule has 78 valence electrons. The minimum Gasteiger partial charge on any atom is -0.322 e. The van der Waals surface area contributed by atoms with Crippen molar-refractivity contribution in [3.8, 4) is 0 Å². The van der Waals surface area contributed by atoms with E-state index in [1.165, 1.54) is 12.8 Å². The summed E-state index contributed by atoms with van der Waals surface area (Å²) < 4.78 is 3.13. The molecule has 0 spiro atoms. The lowest BCUT2D eigenvalue weighted by molar-refractivity contribution is 0.609. The predicted octanol–water partition coefficient (Wildman–Crippen LogP) is 2.51. The van der Waals surface area contributed by atoms with Gasteiger partial charge in [0.05, 0.1) is 11.9 Å². The van der Waals surface area contributed by atoms with Crippen LogP contribution in [-0.4, -0.2) is 9.38 Å². The van der Waals surface area contributed by atoms with Crippen LogP contribution in [0.4, 0.5) is 0 Å². The van der Waals surface area contributed by atoms with Crippen LogP contribution >= 0.6 is 15.9 Å². The number of hydrogen-bond acceptors (Lipinski definition) is 2. The second-order valence-corrected chi connectivity index (χ2v) is 5.04. The fourth-order valence-electron chi connectivity index (χ4n) is 1.92. The normalized spacial score (nSPS) is 18.3. The monoisotopic (exact) mass is 265 g/mol. The van der Waals surface area contributed by atoms with E-state index in [0.717, 1.165) is 15.8 Å². The van der Waals surface area contributed by atoms with Crippen LogP contribution in [0.15, 0.2) is 29.0 Å². The van der Waals surface area contributed by atoms with Gasteiger partial charge in [-0.3, -0.25) is 0 Å². The van der Waals surface area contributed by atoms with Crippen LogP contribution in [0.2, 0.25) is 0 Å². The number of nitrogens with zero attached hydrogens (tertiary/aromatic N) is 2. The molecule has 2 aromatic heterocycles. The maximum Gasteiger partial charge on any atom is 0.137 e. The minimum atomic E-state index is 0.134. The fourth-order valence-corrected chi connectivity index (χ4v) is 2.25. The highest BCUT2D eigenvalue weighted by Crippen LogP contribution is 2.39. The number of fused-ring (bicyclic) bond motifs is 1. The Balaban J connectivity index is 2.13. The molecule has 2 aromatic rings. The van der Waals surface area contributed by atoms with Gasteiger partial charge in [-0.15, -0.1) is 0 Å². The third kappa shape index (κ3) is 1.58. The van der Waals surface area contributed by atoms with Gasteiger partial charge < -0.3 is 10.1 Å². The largest absolute Gasteiger partial charge is 0.322 e. The number of hydrogen-bond donors (Lipinski definition) is 1. The Morgan fingerprint density at radius 1 is 1.47 bits per heavy atom. The maximum absolute atomic E-state index is 6.18. The van der Waals surface area contributed by atoms with Crippen molar-refractivity contribution < 1.29 is 0 Å². The molecular formula is C11H12BrN3. The molecule has 1 unspecified atom stereocenters. The molecule has 2 N–H and O–H groups in total. The molecule has 1 fully saturated rings. The van der Waals surface area contributed by atoms with Gasteiger partial charge in [0.2, 0.25) is 0 Å². The van der Waals surface area contributed by atoms with Gasteiger partial charge in [0.15, 0.2) is 0 Å². The van der Waals surface area contributed by atoms with E-state index in [-0.39, 0.29) is 6.04 Å². The molecule has 0 aromatic carbocycles. The topological polar surface area (TPSA) is 43.3 Å². The highest BCUT2D eigenvalue weighted by atomic mass is 79.9. The van der Waals surface area contributed by atoms with Crippen molar-refractivity contribution in [3.63, 3.8) is 0 Å². The summed E-state index contributed by atoms with van der Waals surface area (Å²) in [4.78, 5) is 4.35. The van der Waals surface area contributed by atoms with Crippen LogP contribution in [0.1, 0.15) is 24.6 Å². The summed E-state index contributed by atoms with van der Waals surface area (Å²) in [5.74, 6) is 0.656. The Morgan fingerprint density at radius 2 is 2.27 bits per heavy atom. The molecule has 15 heavy (non-hydrogen) atoms. The van der Waals surface area contributed by atoms with Crippen molar-refractivity contribution in [2.75, 3.05) is 0 Å². The number of pyridine rings is 1. The second-order valence-electron chi connectivity index (χ2n) is 4.12. The van der Waals surface area contributed by atoms with E-state index in [0.29, 0.717) is 5.92 Å². The zero-order chi connectivity index (χ0) is 10.4. The molecule has 0 amide bonds. The van der Waals surface area contributed by atoms with Crippen LogP contribution in [0, 0.1) is 5.92 Å². The van der Waals surface area contributed by atoms with Crippen LogP contribution < -0.4 is 5.73 Å². The van der Waals surface area contributed by atoms with Gasteiger partial charge in [0.1, 0.15) is 5.65 Å². The molecule has 0 bridgehead atoms. The van der Waals surface area contributed by atoms with Crippen LogP contribution in [0.3, 0.4) is 0 Å². The Hall–Kier alpha value is -0.870. The lowest BCUT2D eigenvalue weighted by Gasteiger charge is -2.09. The van der Waals surface area contributed by atoms with Crippen molar-refractivity contribution in [3.05, 3.63) is 34.7 Å². The maximum atomic E-state index is 6.18. The lowest BCUT2D eigenvalue weighted by Crippen LogP contribution is -2.14. The van der Waals surface area contributed by atoms with Crippen molar-refractivity contribution in [2.24, 2.45) is 11.7 Å². The summed E-state index contributed by atoms with van der Waals surface area (Å²) in [5.41, 5.74) is 8.27. The Morgan fingerprint density at radius 3 is 3.00 bits per heavy atom. The number of rotatable bonds is 2. The minimum absolute atomic E-state index is 0.134. The fraction of sp³-hybridized carbons (Fsp3) is 0.364. The molecule has 4 heteroatoms. The van der Waals surface area contributed by atoms with Gasteiger partial charge in [0, 0.05) is 16.7 Å². The van der Waals surface area contributed by atoms with Crippen LogP contribution in [0.5, 0.6) is 0 Å². The molecule has 2 heterocycles. The smallest absolute Gasteiger partial charge is 0.137 e. The third-order valence-corrected chi connectivity index (χ3v) is 3.44. The second kappa shape index (κ2) is 3.32. The number of imidazole rings is 1. The third-order valence-electron chi connectivity index (χ3n) is 2.97. The SMILES string of the molecule is NC(c1cnc2ccc(Br)cn12)C1CC1. The van der Waals surface area contributed by atoms with Crippen LogP contribution in [0.25, 0.3) is 5.65 Å². The Kier molecular flexibility index (Phi) is 2.07. The van der Waals surface area contributed by atoms with Gasteiger partial charge in [-0.05, 0) is 46.8 Å². The van der Waals surface area contributed by atoms with Gasteiger partial charge in [-0.2, -0.15) is 0 Å². The number of halogens is 1. The van der Waals surface area contributed by atoms with Gasteiger partial charge in [-0.1, -0.05) is 0 Å². The first-order chi connectivity index (χ1) is 7.25. The summed E-state index contributed by atoms with van der Waals surface area (Å²) in [6.07, 6.45) is 6.43. The quantitative estimate of drug-likeness (QED) is 0.907. The molecule has 3 nitrogen and oxygen atoms in total. The predicted molar refractivity (Wildman–Crippen MR) is 62.5 cm³/mol. The number of nitrogens with two attached hydrogens (primary N) is 1. The summed E-state index contributed by atoms with van der Waals surface area (Å²) in [6.45, 7) is 0. The van der Waals surface area contributed by atoms with Gasteiger partial charge >= 0.3 is 0 Å². The van der Waals surface area contributed by atoms with Gasteiger partial charge in [0.25, 0.3) is 0 Å². The molecule has 1 aliphatic rings. The van der Waals surface area contributed by atoms with E-state index in [9.17, 15) is 0 Å². The molecule has 0 aliphatic heterocycles. The Bertz CT molecular complexity index is 502. The average Bonchev–Trinajstić information content (AvgIpc) is 2.98. The van der Waals surface area contributed by atoms with Crippen molar-refractivity contribution in [1.29, 1.82) is 0 Å². The molecular weight excluding hydrogens is 254 g/mol. The summed E-state index contributed by atoms with van der Waals surface area (Å²) in [6, 6.07) is 4.12. The molecule has 1 atom stereocenters. The first-order valence-corrected chi connectivity index (χ1v) is 5.93. The highest BCUT2D eigenvalue weighted by Gasteiger charge is 2.31. The number of aromatic nitrogens is 2. The van der Waals surface area contributed by atoms with Crippen molar-refractivity contribution in [1.82, 2.24) is 9.38 Å². The lowest BCUT2D eigenvalue weighted by atomic mass is 10.1. The zero-order valence-electron chi connectivity index (χ0n) is 8.23. The molecule has 0 saturated heterocycles. The standard InChI is InChI=1S/C11H12BrN3/c12-8-3-4-10-14-5-9(15(10)6-8)11(13)7-1-2-7/h3-7,11H,1-2,13H2. The van der Waals surface area contributed by atoms with Crippen molar-refractivity contribution in [2.45, 2.75) is 18.9 Å². The molecule has 3 rings (SSSR count). The Labute approximate surface area is 96.4 Å². The van der Waals surface area contributed by atoms with E-state index >= 15 is 0 Å². The van der Waals surface area contributed by atoms with E-state index in [1.807, 2.05) is 24.5 Å². The van der Waals surface area contributed by atoms with E-state index < -0.39 is 0 Å². The van der Waals surface area contributed by atoms with E-state index in [2.05, 4.69) is 25.3 Å². The molecule has 0 radical (unpaired) electrons. The van der Waals surface area contributed by atoms with E-state index in [1.54, 1.807) is 0 Å². The van der Waals surface area contributed by atoms with E-state index in [4.69, 9.17) is 5.73 Å². The zero-order valence-corrected chi connectivity index (χ0v) is 9.81. The summed E-state index contributed by atoms with van der Waals surface area (Å²) in [7, 11) is 0. The average molecular weight is 266 g/mol. The van der Waals surface area contributed by atoms with Gasteiger partial charge in [-0.25, -0.2) is 4.98 Å². The first-order valence-electron chi connectivity index (χ1n) is 5.14. The molecule has 1 aliphatic carbocycles. The van der Waals surface area contributed by atoms with Crippen molar-refractivity contribution >= 4 is 21.6 Å². The highest BCUT2D eigenvalue weighted by molar-refractivity contribution is 9.10.